The first-order chi connectivity index (χ1) is 16.5. The third kappa shape index (κ3) is 4.15. The zero-order chi connectivity index (χ0) is 23.7. The smallest absolute Gasteiger partial charge is 0.259 e. The maximum atomic E-state index is 13.4. The van der Waals surface area contributed by atoms with Gasteiger partial charge in [-0.25, -0.2) is 4.68 Å². The molecule has 34 heavy (non-hydrogen) atoms. The molecule has 0 aliphatic carbocycles. The highest BCUT2D eigenvalue weighted by atomic mass is 16.5. The van der Waals surface area contributed by atoms with E-state index in [2.05, 4.69) is 15.6 Å². The van der Waals surface area contributed by atoms with E-state index in [0.29, 0.717) is 22.8 Å². The van der Waals surface area contributed by atoms with Gasteiger partial charge in [-0.2, -0.15) is 5.10 Å². The molecule has 0 aliphatic heterocycles. The first-order valence-corrected chi connectivity index (χ1v) is 11.0. The lowest BCUT2D eigenvalue weighted by molar-refractivity contribution is 0.102. The number of amides is 1. The van der Waals surface area contributed by atoms with Gasteiger partial charge in [0.05, 0.1) is 22.5 Å². The molecule has 170 valence electrons. The molecule has 0 aliphatic rings. The number of hydrogen-bond donors (Lipinski definition) is 1. The molecule has 0 saturated heterocycles. The van der Waals surface area contributed by atoms with E-state index in [1.807, 2.05) is 92.2 Å². The van der Waals surface area contributed by atoms with Crippen LogP contribution in [0.2, 0.25) is 0 Å². The molecule has 5 aromatic rings. The molecule has 1 N–H and O–H groups in total. The molecule has 0 spiro atoms. The summed E-state index contributed by atoms with van der Waals surface area (Å²) in [5.74, 6) is 0.944. The van der Waals surface area contributed by atoms with E-state index in [1.165, 1.54) is 0 Å². The summed E-state index contributed by atoms with van der Waals surface area (Å²) in [6.07, 6.45) is 1.75. The van der Waals surface area contributed by atoms with Crippen LogP contribution in [0.3, 0.4) is 0 Å². The second-order valence-electron chi connectivity index (χ2n) is 8.18. The summed E-state index contributed by atoms with van der Waals surface area (Å²) in [7, 11) is 0. The van der Waals surface area contributed by atoms with Gasteiger partial charge in [-0.1, -0.05) is 35.5 Å². The summed E-state index contributed by atoms with van der Waals surface area (Å²) in [6.45, 7) is 5.96. The highest BCUT2D eigenvalue weighted by Gasteiger charge is 2.17. The van der Waals surface area contributed by atoms with Crippen molar-refractivity contribution in [2.75, 3.05) is 5.32 Å². The summed E-state index contributed by atoms with van der Waals surface area (Å²) in [5, 5.41) is 13.3. The predicted molar refractivity (Wildman–Crippen MR) is 131 cm³/mol. The topological polar surface area (TPSA) is 82.2 Å². The monoisotopic (exact) mass is 452 g/mol. The van der Waals surface area contributed by atoms with E-state index < -0.39 is 0 Å². The molecule has 0 saturated carbocycles. The molecular formula is C27H24N4O3. The largest absolute Gasteiger partial charge is 0.488 e. The van der Waals surface area contributed by atoms with Crippen molar-refractivity contribution in [1.82, 2.24) is 14.9 Å². The van der Waals surface area contributed by atoms with Gasteiger partial charge in [-0.15, -0.1) is 0 Å². The van der Waals surface area contributed by atoms with Crippen LogP contribution < -0.4 is 10.1 Å². The lowest BCUT2D eigenvalue weighted by Gasteiger charge is -2.14. The van der Waals surface area contributed by atoms with Crippen molar-refractivity contribution < 1.29 is 14.1 Å². The Labute approximate surface area is 197 Å². The highest BCUT2D eigenvalue weighted by molar-refractivity contribution is 6.08. The van der Waals surface area contributed by atoms with Gasteiger partial charge in [-0.3, -0.25) is 4.79 Å². The number of anilines is 1. The number of carbonyl (C=O) groups is 1. The third-order valence-electron chi connectivity index (χ3n) is 5.83. The van der Waals surface area contributed by atoms with Crippen LogP contribution in [0.5, 0.6) is 5.75 Å². The molecule has 0 atom stereocenters. The quantitative estimate of drug-likeness (QED) is 0.354. The Bertz CT molecular complexity index is 1480. The number of rotatable bonds is 6. The number of aryl methyl sites for hydroxylation is 3. The van der Waals surface area contributed by atoms with E-state index in [1.54, 1.807) is 6.20 Å². The molecule has 3 aromatic carbocycles. The number of carbonyl (C=O) groups excluding carboxylic acids is 1. The molecule has 0 unspecified atom stereocenters. The SMILES string of the molecule is Cc1noc(C)c1COc1cc2ccccc2cc1C(=O)Nc1cccc(-n2nccc2C)c1. The van der Waals surface area contributed by atoms with Gasteiger partial charge >= 0.3 is 0 Å². The minimum atomic E-state index is -0.256. The maximum absolute atomic E-state index is 13.4. The fraction of sp³-hybridized carbons (Fsp3) is 0.148. The van der Waals surface area contributed by atoms with Gasteiger partial charge in [0.15, 0.2) is 0 Å². The fourth-order valence-electron chi connectivity index (χ4n) is 3.93. The Kier molecular flexibility index (Phi) is 5.59. The molecular weight excluding hydrogens is 428 g/mol. The molecule has 2 heterocycles. The first kappa shape index (κ1) is 21.5. The number of aromatic nitrogens is 3. The lowest BCUT2D eigenvalue weighted by Crippen LogP contribution is -2.14. The average molecular weight is 453 g/mol. The van der Waals surface area contributed by atoms with Gasteiger partial charge in [0, 0.05) is 17.6 Å². The molecule has 7 nitrogen and oxygen atoms in total. The Morgan fingerprint density at radius 3 is 2.50 bits per heavy atom. The fourth-order valence-corrected chi connectivity index (χ4v) is 3.93. The molecule has 0 radical (unpaired) electrons. The van der Waals surface area contributed by atoms with Crippen LogP contribution in [-0.2, 0) is 6.61 Å². The molecule has 5 rings (SSSR count). The van der Waals surface area contributed by atoms with Crippen LogP contribution in [0, 0.1) is 20.8 Å². The van der Waals surface area contributed by atoms with Crippen LogP contribution >= 0.6 is 0 Å². The van der Waals surface area contributed by atoms with Gasteiger partial charge in [-0.05, 0) is 67.9 Å². The van der Waals surface area contributed by atoms with Gasteiger partial charge in [0.2, 0.25) is 0 Å². The van der Waals surface area contributed by atoms with Crippen LogP contribution in [0.1, 0.15) is 33.1 Å². The van der Waals surface area contributed by atoms with Crippen LogP contribution in [0.25, 0.3) is 16.5 Å². The number of fused-ring (bicyclic) bond motifs is 1. The van der Waals surface area contributed by atoms with E-state index in [9.17, 15) is 4.79 Å². The average Bonchev–Trinajstić information content (AvgIpc) is 3.41. The zero-order valence-electron chi connectivity index (χ0n) is 19.2. The normalized spacial score (nSPS) is 11.0. The van der Waals surface area contributed by atoms with Crippen molar-refractivity contribution in [3.8, 4) is 11.4 Å². The number of hydrogen-bond acceptors (Lipinski definition) is 5. The Hall–Kier alpha value is -4.39. The Morgan fingerprint density at radius 1 is 1.00 bits per heavy atom. The summed E-state index contributed by atoms with van der Waals surface area (Å²) in [4.78, 5) is 13.4. The maximum Gasteiger partial charge on any atom is 0.259 e. The molecule has 0 fully saturated rings. The summed E-state index contributed by atoms with van der Waals surface area (Å²) in [6, 6.07) is 21.2. The van der Waals surface area contributed by atoms with Crippen molar-refractivity contribution in [1.29, 1.82) is 0 Å². The van der Waals surface area contributed by atoms with Crippen molar-refractivity contribution in [3.05, 3.63) is 101 Å². The number of benzene rings is 3. The van der Waals surface area contributed by atoms with Crippen molar-refractivity contribution in [2.45, 2.75) is 27.4 Å². The number of nitrogens with zero attached hydrogens (tertiary/aromatic N) is 3. The second-order valence-corrected chi connectivity index (χ2v) is 8.18. The van der Waals surface area contributed by atoms with E-state index in [-0.39, 0.29) is 12.5 Å². The lowest BCUT2D eigenvalue weighted by atomic mass is 10.0. The molecule has 0 bridgehead atoms. The van der Waals surface area contributed by atoms with Crippen LogP contribution in [0.4, 0.5) is 5.69 Å². The standard InChI is InChI=1S/C27H24N4O3/c1-17-11-12-28-31(17)23-10-6-9-22(15-23)29-27(32)24-13-20-7-4-5-8-21(20)14-26(24)33-16-25-18(2)30-34-19(25)3/h4-15H,16H2,1-3H3,(H,29,32). The van der Waals surface area contributed by atoms with Crippen molar-refractivity contribution >= 4 is 22.4 Å². The van der Waals surface area contributed by atoms with Crippen LogP contribution in [-0.4, -0.2) is 20.8 Å². The minimum Gasteiger partial charge on any atom is -0.488 e. The minimum absolute atomic E-state index is 0.256. The van der Waals surface area contributed by atoms with E-state index >= 15 is 0 Å². The zero-order valence-corrected chi connectivity index (χ0v) is 19.2. The highest BCUT2D eigenvalue weighted by Crippen LogP contribution is 2.29. The Morgan fingerprint density at radius 2 is 1.79 bits per heavy atom. The van der Waals surface area contributed by atoms with Crippen LogP contribution in [0.15, 0.2) is 77.4 Å². The van der Waals surface area contributed by atoms with E-state index in [4.69, 9.17) is 9.26 Å². The Balaban J connectivity index is 1.46. The number of ether oxygens (including phenoxy) is 1. The van der Waals surface area contributed by atoms with Gasteiger partial charge in [0.1, 0.15) is 18.1 Å². The first-order valence-electron chi connectivity index (χ1n) is 11.0. The summed E-state index contributed by atoms with van der Waals surface area (Å²) in [5.41, 5.74) is 4.65. The van der Waals surface area contributed by atoms with E-state index in [0.717, 1.165) is 33.4 Å². The molecule has 7 heteroatoms. The van der Waals surface area contributed by atoms with Crippen molar-refractivity contribution in [3.63, 3.8) is 0 Å². The molecule has 1 amide bonds. The molecule has 2 aromatic heterocycles. The number of nitrogens with one attached hydrogen (secondary N) is 1. The second kappa shape index (κ2) is 8.86. The summed E-state index contributed by atoms with van der Waals surface area (Å²) < 4.78 is 13.2. The van der Waals surface area contributed by atoms with Gasteiger partial charge < -0.3 is 14.6 Å². The van der Waals surface area contributed by atoms with Gasteiger partial charge in [0.25, 0.3) is 5.91 Å². The third-order valence-corrected chi connectivity index (χ3v) is 5.83. The van der Waals surface area contributed by atoms with Crippen molar-refractivity contribution in [2.24, 2.45) is 0 Å². The summed E-state index contributed by atoms with van der Waals surface area (Å²) >= 11 is 0. The predicted octanol–water partition coefficient (Wildman–Crippen LogP) is 5.77.